The average molecular weight is 283 g/mol. The summed E-state index contributed by atoms with van der Waals surface area (Å²) in [6.45, 7) is 6.17. The third-order valence-corrected chi connectivity index (χ3v) is 3.61. The van der Waals surface area contributed by atoms with Crippen molar-refractivity contribution in [3.63, 3.8) is 0 Å². The van der Waals surface area contributed by atoms with Crippen LogP contribution in [0.4, 0.5) is 5.69 Å². The van der Waals surface area contributed by atoms with Gasteiger partial charge in [-0.2, -0.15) is 5.26 Å². The SMILES string of the molecule is CC(C)(C)SCC(=O)Nc1ccc(Cl)c(C#N)c1. The molecule has 3 nitrogen and oxygen atoms in total. The highest BCUT2D eigenvalue weighted by molar-refractivity contribution is 8.01. The van der Waals surface area contributed by atoms with E-state index in [1.165, 1.54) is 0 Å². The number of benzene rings is 1. The summed E-state index contributed by atoms with van der Waals surface area (Å²) in [4.78, 5) is 11.7. The van der Waals surface area contributed by atoms with E-state index in [0.717, 1.165) is 0 Å². The first-order valence-electron chi connectivity index (χ1n) is 5.45. The van der Waals surface area contributed by atoms with Crippen LogP contribution in [-0.4, -0.2) is 16.4 Å². The zero-order chi connectivity index (χ0) is 13.8. The van der Waals surface area contributed by atoms with Crippen molar-refractivity contribution >= 4 is 35.0 Å². The van der Waals surface area contributed by atoms with Gasteiger partial charge in [0.15, 0.2) is 0 Å². The van der Waals surface area contributed by atoms with E-state index in [2.05, 4.69) is 26.1 Å². The molecule has 1 aromatic carbocycles. The zero-order valence-electron chi connectivity index (χ0n) is 10.6. The minimum absolute atomic E-state index is 0.0507. The minimum Gasteiger partial charge on any atom is -0.325 e. The lowest BCUT2D eigenvalue weighted by Gasteiger charge is -2.17. The summed E-state index contributed by atoms with van der Waals surface area (Å²) in [6.07, 6.45) is 0. The minimum atomic E-state index is -0.0823. The van der Waals surface area contributed by atoms with Crippen molar-refractivity contribution in [2.24, 2.45) is 0 Å². The molecule has 0 unspecified atom stereocenters. The third-order valence-electron chi connectivity index (χ3n) is 2.01. The molecule has 0 saturated heterocycles. The Bertz CT molecular complexity index is 489. The molecule has 1 rings (SSSR count). The number of amides is 1. The molecule has 0 aliphatic heterocycles. The van der Waals surface area contributed by atoms with Gasteiger partial charge in [0.1, 0.15) is 6.07 Å². The van der Waals surface area contributed by atoms with Crippen molar-refractivity contribution in [2.45, 2.75) is 25.5 Å². The Morgan fingerprint density at radius 3 is 2.72 bits per heavy atom. The summed E-state index contributed by atoms with van der Waals surface area (Å²) in [5, 5.41) is 12.0. The van der Waals surface area contributed by atoms with Crippen molar-refractivity contribution < 1.29 is 4.79 Å². The van der Waals surface area contributed by atoms with Gasteiger partial charge >= 0.3 is 0 Å². The summed E-state index contributed by atoms with van der Waals surface area (Å²) < 4.78 is 0.0507. The van der Waals surface area contributed by atoms with Gasteiger partial charge in [0.05, 0.1) is 16.3 Å². The molecule has 0 aliphatic carbocycles. The molecule has 0 spiro atoms. The van der Waals surface area contributed by atoms with E-state index in [4.69, 9.17) is 16.9 Å². The molecule has 0 saturated carbocycles. The normalized spacial score (nSPS) is 10.8. The fourth-order valence-electron chi connectivity index (χ4n) is 1.17. The Kier molecular flexibility index (Phi) is 5.06. The first kappa shape index (κ1) is 14.9. The highest BCUT2D eigenvalue weighted by Crippen LogP contribution is 2.24. The predicted octanol–water partition coefficient (Wildman–Crippen LogP) is 3.68. The molecule has 0 aromatic heterocycles. The Morgan fingerprint density at radius 2 is 2.17 bits per heavy atom. The van der Waals surface area contributed by atoms with Crippen LogP contribution < -0.4 is 5.32 Å². The van der Waals surface area contributed by atoms with Crippen LogP contribution in [0.1, 0.15) is 26.3 Å². The fraction of sp³-hybridized carbons (Fsp3) is 0.385. The summed E-state index contributed by atoms with van der Waals surface area (Å²) in [5.41, 5.74) is 0.952. The van der Waals surface area contributed by atoms with Crippen LogP contribution >= 0.6 is 23.4 Å². The van der Waals surface area contributed by atoms with Gasteiger partial charge in [-0.1, -0.05) is 32.4 Å². The predicted molar refractivity (Wildman–Crippen MR) is 77.0 cm³/mol. The molecule has 0 bridgehead atoms. The number of carbonyl (C=O) groups excluding carboxylic acids is 1. The molecule has 96 valence electrons. The van der Waals surface area contributed by atoms with Gasteiger partial charge in [-0.05, 0) is 18.2 Å². The molecular formula is C13H15ClN2OS. The Hall–Kier alpha value is -1.18. The molecule has 1 aromatic rings. The van der Waals surface area contributed by atoms with Crippen LogP contribution in [0.25, 0.3) is 0 Å². The Morgan fingerprint density at radius 1 is 1.50 bits per heavy atom. The van der Waals surface area contributed by atoms with Crippen molar-refractivity contribution in [3.8, 4) is 6.07 Å². The molecule has 1 N–H and O–H groups in total. The van der Waals surface area contributed by atoms with Crippen LogP contribution in [0.2, 0.25) is 5.02 Å². The Labute approximate surface area is 117 Å². The number of hydrogen-bond acceptors (Lipinski definition) is 3. The maximum atomic E-state index is 11.7. The quantitative estimate of drug-likeness (QED) is 0.920. The van der Waals surface area contributed by atoms with Gasteiger partial charge in [-0.25, -0.2) is 0 Å². The number of carbonyl (C=O) groups is 1. The largest absolute Gasteiger partial charge is 0.325 e. The number of nitriles is 1. The smallest absolute Gasteiger partial charge is 0.234 e. The summed E-state index contributed by atoms with van der Waals surface area (Å²) >= 11 is 7.39. The van der Waals surface area contributed by atoms with E-state index in [-0.39, 0.29) is 10.7 Å². The van der Waals surface area contributed by atoms with Gasteiger partial charge in [-0.15, -0.1) is 11.8 Å². The lowest BCUT2D eigenvalue weighted by molar-refractivity contribution is -0.113. The van der Waals surface area contributed by atoms with Crippen molar-refractivity contribution in [3.05, 3.63) is 28.8 Å². The molecule has 0 aliphatic rings. The van der Waals surface area contributed by atoms with Gasteiger partial charge in [0, 0.05) is 10.4 Å². The summed E-state index contributed by atoms with van der Waals surface area (Å²) in [7, 11) is 0. The molecule has 18 heavy (non-hydrogen) atoms. The van der Waals surface area contributed by atoms with Gasteiger partial charge in [0.2, 0.25) is 5.91 Å². The molecule has 1 amide bonds. The molecule has 0 atom stereocenters. The second kappa shape index (κ2) is 6.12. The number of hydrogen-bond donors (Lipinski definition) is 1. The van der Waals surface area contributed by atoms with Crippen LogP contribution in [0.5, 0.6) is 0 Å². The third kappa shape index (κ3) is 4.99. The molecule has 5 heteroatoms. The maximum Gasteiger partial charge on any atom is 0.234 e. The molecule has 0 fully saturated rings. The first-order chi connectivity index (χ1) is 8.31. The van der Waals surface area contributed by atoms with Crippen LogP contribution in [0.3, 0.4) is 0 Å². The number of halogens is 1. The van der Waals surface area contributed by atoms with E-state index in [1.807, 2.05) is 6.07 Å². The van der Waals surface area contributed by atoms with Crippen molar-refractivity contribution in [1.29, 1.82) is 5.26 Å². The molecule has 0 radical (unpaired) electrons. The highest BCUT2D eigenvalue weighted by Gasteiger charge is 2.13. The highest BCUT2D eigenvalue weighted by atomic mass is 35.5. The Balaban J connectivity index is 2.63. The number of nitrogens with one attached hydrogen (secondary N) is 1. The standard InChI is InChI=1S/C13H15ClN2OS/c1-13(2,3)18-8-12(17)16-10-4-5-11(14)9(6-10)7-15/h4-6H,8H2,1-3H3,(H,16,17). The van der Waals surface area contributed by atoms with Crippen molar-refractivity contribution in [2.75, 3.05) is 11.1 Å². The van der Waals surface area contributed by atoms with Crippen LogP contribution in [-0.2, 0) is 4.79 Å². The topological polar surface area (TPSA) is 52.9 Å². The van der Waals surface area contributed by atoms with E-state index < -0.39 is 0 Å². The lowest BCUT2D eigenvalue weighted by Crippen LogP contribution is -2.18. The fourth-order valence-corrected chi connectivity index (χ4v) is 1.96. The average Bonchev–Trinajstić information content (AvgIpc) is 2.28. The molecular weight excluding hydrogens is 268 g/mol. The van der Waals surface area contributed by atoms with E-state index >= 15 is 0 Å². The van der Waals surface area contributed by atoms with Crippen LogP contribution in [0, 0.1) is 11.3 Å². The maximum absolute atomic E-state index is 11.7. The number of thioether (sulfide) groups is 1. The van der Waals surface area contributed by atoms with E-state index in [1.54, 1.807) is 30.0 Å². The van der Waals surface area contributed by atoms with Crippen LogP contribution in [0.15, 0.2) is 18.2 Å². The van der Waals surface area contributed by atoms with Crippen molar-refractivity contribution in [1.82, 2.24) is 0 Å². The first-order valence-corrected chi connectivity index (χ1v) is 6.81. The summed E-state index contributed by atoms with van der Waals surface area (Å²) in [5.74, 6) is 0.301. The summed E-state index contributed by atoms with van der Waals surface area (Å²) in [6, 6.07) is 6.84. The van der Waals surface area contributed by atoms with Gasteiger partial charge in [-0.3, -0.25) is 4.79 Å². The van der Waals surface area contributed by atoms with Gasteiger partial charge in [0.25, 0.3) is 0 Å². The van der Waals surface area contributed by atoms with Gasteiger partial charge < -0.3 is 5.32 Å². The van der Waals surface area contributed by atoms with E-state index in [9.17, 15) is 4.79 Å². The number of rotatable bonds is 3. The zero-order valence-corrected chi connectivity index (χ0v) is 12.2. The lowest BCUT2D eigenvalue weighted by atomic mass is 10.2. The monoisotopic (exact) mass is 282 g/mol. The number of nitrogens with zero attached hydrogens (tertiary/aromatic N) is 1. The number of anilines is 1. The second-order valence-electron chi connectivity index (χ2n) is 4.76. The molecule has 0 heterocycles. The second-order valence-corrected chi connectivity index (χ2v) is 6.96. The van der Waals surface area contributed by atoms with E-state index in [0.29, 0.717) is 22.0 Å².